The van der Waals surface area contributed by atoms with Gasteiger partial charge in [0, 0.05) is 14.0 Å². The Kier molecular flexibility index (Phi) is 6.95. The smallest absolute Gasteiger partial charge is 0.303 e. The molecule has 0 saturated carbocycles. The molecule has 172 valence electrons. The topological polar surface area (TPSA) is 85.0 Å². The molecule has 0 radical (unpaired) electrons. The number of hydrogen-bond acceptors (Lipinski definition) is 8. The van der Waals surface area contributed by atoms with Crippen molar-refractivity contribution in [1.29, 1.82) is 0 Å². The van der Waals surface area contributed by atoms with Crippen LogP contribution in [0, 0.1) is 0 Å². The molecule has 0 aliphatic carbocycles. The summed E-state index contributed by atoms with van der Waals surface area (Å²) in [5.74, 6) is -0.443. The van der Waals surface area contributed by atoms with Crippen molar-refractivity contribution in [2.24, 2.45) is 0 Å². The SMILES string of the molecule is CO[C@H]1[C@H](OCc2ccccc2)[C@@H](OC(C)=O)[C@H](O[C@H]2[C@H]3O[C@H]3[C@@H](C)O[C@@H]2C)O[C@@H]1C. The van der Waals surface area contributed by atoms with Crippen molar-refractivity contribution in [2.75, 3.05) is 7.11 Å². The van der Waals surface area contributed by atoms with Crippen LogP contribution in [0.15, 0.2) is 30.3 Å². The zero-order chi connectivity index (χ0) is 22.1. The minimum absolute atomic E-state index is 0.0197. The fraction of sp³-hybridized carbons (Fsp3) is 0.696. The van der Waals surface area contributed by atoms with Crippen LogP contribution >= 0.6 is 0 Å². The molecule has 8 heteroatoms. The van der Waals surface area contributed by atoms with E-state index in [-0.39, 0.29) is 36.6 Å². The van der Waals surface area contributed by atoms with Gasteiger partial charge in [-0.1, -0.05) is 30.3 Å². The average molecular weight is 437 g/mol. The molecule has 3 fully saturated rings. The van der Waals surface area contributed by atoms with E-state index in [1.165, 1.54) is 6.92 Å². The van der Waals surface area contributed by atoms with Crippen LogP contribution in [0.4, 0.5) is 0 Å². The average Bonchev–Trinajstić information content (AvgIpc) is 3.53. The highest BCUT2D eigenvalue weighted by Gasteiger charge is 2.58. The van der Waals surface area contributed by atoms with Gasteiger partial charge in [0.2, 0.25) is 0 Å². The first kappa shape index (κ1) is 22.6. The summed E-state index contributed by atoms with van der Waals surface area (Å²) in [6.45, 7) is 7.55. The number of carbonyl (C=O) groups is 1. The minimum Gasteiger partial charge on any atom is -0.454 e. The second-order valence-electron chi connectivity index (χ2n) is 8.46. The summed E-state index contributed by atoms with van der Waals surface area (Å²) in [7, 11) is 1.59. The van der Waals surface area contributed by atoms with Gasteiger partial charge < -0.3 is 33.2 Å². The molecule has 8 nitrogen and oxygen atoms in total. The lowest BCUT2D eigenvalue weighted by Gasteiger charge is -2.45. The van der Waals surface area contributed by atoms with E-state index >= 15 is 0 Å². The third kappa shape index (κ3) is 4.94. The van der Waals surface area contributed by atoms with Gasteiger partial charge in [0.15, 0.2) is 12.4 Å². The third-order valence-electron chi connectivity index (χ3n) is 6.12. The maximum Gasteiger partial charge on any atom is 0.303 e. The van der Waals surface area contributed by atoms with Gasteiger partial charge in [-0.15, -0.1) is 0 Å². The van der Waals surface area contributed by atoms with Gasteiger partial charge in [-0.2, -0.15) is 0 Å². The van der Waals surface area contributed by atoms with Crippen LogP contribution in [0.2, 0.25) is 0 Å². The lowest BCUT2D eigenvalue weighted by Crippen LogP contribution is -2.61. The summed E-state index contributed by atoms with van der Waals surface area (Å²) in [6, 6.07) is 9.81. The fourth-order valence-corrected chi connectivity index (χ4v) is 4.56. The molecule has 4 rings (SSSR count). The molecule has 0 aromatic heterocycles. The van der Waals surface area contributed by atoms with Gasteiger partial charge in [0.25, 0.3) is 0 Å². The number of carbonyl (C=O) groups excluding carboxylic acids is 1. The van der Waals surface area contributed by atoms with E-state index < -0.39 is 30.6 Å². The van der Waals surface area contributed by atoms with Gasteiger partial charge >= 0.3 is 5.97 Å². The maximum atomic E-state index is 11.9. The minimum atomic E-state index is -0.833. The molecule has 3 saturated heterocycles. The summed E-state index contributed by atoms with van der Waals surface area (Å²) < 4.78 is 41.7. The predicted molar refractivity (Wildman–Crippen MR) is 109 cm³/mol. The molecule has 3 aliphatic rings. The van der Waals surface area contributed by atoms with E-state index in [2.05, 4.69) is 0 Å². The van der Waals surface area contributed by atoms with Gasteiger partial charge in [0.05, 0.1) is 24.9 Å². The van der Waals surface area contributed by atoms with Crippen molar-refractivity contribution in [3.05, 3.63) is 35.9 Å². The number of benzene rings is 1. The van der Waals surface area contributed by atoms with E-state index in [1.54, 1.807) is 7.11 Å². The Bertz CT molecular complexity index is 740. The number of esters is 1. The Balaban J connectivity index is 1.53. The molecule has 3 heterocycles. The first-order valence-electron chi connectivity index (χ1n) is 10.9. The molecule has 10 atom stereocenters. The summed E-state index contributed by atoms with van der Waals surface area (Å²) in [5.41, 5.74) is 1.01. The van der Waals surface area contributed by atoms with Crippen LogP contribution < -0.4 is 0 Å². The highest BCUT2D eigenvalue weighted by molar-refractivity contribution is 5.66. The lowest BCUT2D eigenvalue weighted by molar-refractivity contribution is -0.325. The van der Waals surface area contributed by atoms with Crippen LogP contribution in [-0.4, -0.2) is 74.3 Å². The zero-order valence-electron chi connectivity index (χ0n) is 18.6. The molecule has 0 spiro atoms. The monoisotopic (exact) mass is 436 g/mol. The Morgan fingerprint density at radius 2 is 1.58 bits per heavy atom. The summed E-state index contributed by atoms with van der Waals surface area (Å²) >= 11 is 0. The molecule has 3 aliphatic heterocycles. The molecule has 1 aromatic carbocycles. The first-order valence-corrected chi connectivity index (χ1v) is 10.9. The molecule has 1 aromatic rings. The van der Waals surface area contributed by atoms with E-state index in [0.717, 1.165) is 5.56 Å². The van der Waals surface area contributed by atoms with Crippen molar-refractivity contribution in [3.63, 3.8) is 0 Å². The van der Waals surface area contributed by atoms with Crippen molar-refractivity contribution >= 4 is 5.97 Å². The Hall–Kier alpha value is -1.55. The summed E-state index contributed by atoms with van der Waals surface area (Å²) in [4.78, 5) is 11.9. The van der Waals surface area contributed by atoms with Crippen LogP contribution in [0.5, 0.6) is 0 Å². The molecule has 31 heavy (non-hydrogen) atoms. The van der Waals surface area contributed by atoms with Crippen molar-refractivity contribution in [1.82, 2.24) is 0 Å². The molecular formula is C23H32O8. The molecule has 0 amide bonds. The number of methoxy groups -OCH3 is 1. The predicted octanol–water partition coefficient (Wildman–Crippen LogP) is 2.22. The van der Waals surface area contributed by atoms with E-state index in [9.17, 15) is 4.79 Å². The van der Waals surface area contributed by atoms with Crippen LogP contribution in [0.3, 0.4) is 0 Å². The number of fused-ring (bicyclic) bond motifs is 1. The second-order valence-corrected chi connectivity index (χ2v) is 8.46. The van der Waals surface area contributed by atoms with E-state index in [1.807, 2.05) is 51.1 Å². The summed E-state index contributed by atoms with van der Waals surface area (Å²) in [6.07, 6.45) is -3.50. The normalized spacial score (nSPS) is 42.0. The number of hydrogen-bond donors (Lipinski definition) is 0. The Morgan fingerprint density at radius 3 is 2.26 bits per heavy atom. The van der Waals surface area contributed by atoms with Crippen LogP contribution in [0.1, 0.15) is 33.3 Å². The number of epoxide rings is 1. The second kappa shape index (κ2) is 9.52. The fourth-order valence-electron chi connectivity index (χ4n) is 4.56. The number of ether oxygens (including phenoxy) is 7. The van der Waals surface area contributed by atoms with Crippen molar-refractivity contribution < 1.29 is 38.0 Å². The van der Waals surface area contributed by atoms with Gasteiger partial charge in [-0.3, -0.25) is 4.79 Å². The highest BCUT2D eigenvalue weighted by atomic mass is 16.7. The summed E-state index contributed by atoms with van der Waals surface area (Å²) in [5, 5.41) is 0. The third-order valence-corrected chi connectivity index (χ3v) is 6.12. The maximum absolute atomic E-state index is 11.9. The number of rotatable bonds is 7. The van der Waals surface area contributed by atoms with Crippen molar-refractivity contribution in [3.8, 4) is 0 Å². The van der Waals surface area contributed by atoms with E-state index in [4.69, 9.17) is 33.2 Å². The lowest BCUT2D eigenvalue weighted by atomic mass is 9.98. The van der Waals surface area contributed by atoms with Crippen LogP contribution in [0.25, 0.3) is 0 Å². The molecule has 0 bridgehead atoms. The molecule has 0 N–H and O–H groups in total. The highest BCUT2D eigenvalue weighted by Crippen LogP contribution is 2.40. The Labute approximate surface area is 183 Å². The van der Waals surface area contributed by atoms with Crippen LogP contribution in [-0.2, 0) is 44.6 Å². The van der Waals surface area contributed by atoms with Crippen molar-refractivity contribution in [2.45, 2.75) is 95.5 Å². The first-order chi connectivity index (χ1) is 14.9. The standard InChI is InChI=1S/C23H32O8/c1-12-17(25-5)20(26-11-16-9-7-6-8-10-16)22(29-15(4)24)23(28-12)31-19-14(3)27-13(2)18-21(19)30-18/h6-10,12-14,17-23H,11H2,1-5H3/t12-,13-,14-,17-,18+,19-,20+,21+,22-,23+/m1/s1. The quantitative estimate of drug-likeness (QED) is 0.475. The largest absolute Gasteiger partial charge is 0.454 e. The van der Waals surface area contributed by atoms with Gasteiger partial charge in [0.1, 0.15) is 30.5 Å². The zero-order valence-corrected chi connectivity index (χ0v) is 18.6. The molecular weight excluding hydrogens is 404 g/mol. The molecule has 0 unspecified atom stereocenters. The van der Waals surface area contributed by atoms with E-state index in [0.29, 0.717) is 6.61 Å². The van der Waals surface area contributed by atoms with Gasteiger partial charge in [-0.05, 0) is 26.3 Å². The Morgan fingerprint density at radius 1 is 0.871 bits per heavy atom. The van der Waals surface area contributed by atoms with Gasteiger partial charge in [-0.25, -0.2) is 0 Å².